The third-order valence-electron chi connectivity index (χ3n) is 4.84. The minimum Gasteiger partial charge on any atom is -0.480 e. The molecule has 5 nitrogen and oxygen atoms in total. The standard InChI is InChI=1S/C21H22FNO4/c1-13(11-22)10-19(20(24)25)23-21(26)27-12-18-16-8-4-2-6-14(16)15-7-3-5-9-17(15)18/h2-9,13,18-19H,10-12H2,1H3,(H,23,26)(H,24,25)/t13-,19-/m0/s1. The lowest BCUT2D eigenvalue weighted by Crippen LogP contribution is -2.42. The number of alkyl halides is 1. The first-order chi connectivity index (χ1) is 13.0. The fourth-order valence-corrected chi connectivity index (χ4v) is 3.47. The van der Waals surface area contributed by atoms with E-state index < -0.39 is 30.7 Å². The van der Waals surface area contributed by atoms with Crippen molar-refractivity contribution >= 4 is 12.1 Å². The maximum Gasteiger partial charge on any atom is 0.407 e. The van der Waals surface area contributed by atoms with Crippen molar-refractivity contribution in [3.05, 3.63) is 59.7 Å². The number of amides is 1. The number of nitrogens with one attached hydrogen (secondary N) is 1. The number of halogens is 1. The second kappa shape index (κ2) is 8.20. The van der Waals surface area contributed by atoms with Crippen molar-refractivity contribution in [1.29, 1.82) is 0 Å². The van der Waals surface area contributed by atoms with Crippen LogP contribution in [0.25, 0.3) is 11.1 Å². The summed E-state index contributed by atoms with van der Waals surface area (Å²) in [6, 6.07) is 14.7. The van der Waals surface area contributed by atoms with Crippen molar-refractivity contribution in [2.45, 2.75) is 25.3 Å². The molecule has 27 heavy (non-hydrogen) atoms. The number of carboxylic acids is 1. The lowest BCUT2D eigenvalue weighted by atomic mass is 9.98. The number of carbonyl (C=O) groups excluding carboxylic acids is 1. The molecule has 0 spiro atoms. The molecule has 2 N–H and O–H groups in total. The van der Waals surface area contributed by atoms with E-state index in [1.165, 1.54) is 0 Å². The molecule has 0 aliphatic heterocycles. The highest BCUT2D eigenvalue weighted by atomic mass is 19.1. The maximum atomic E-state index is 12.6. The molecule has 0 fully saturated rings. The van der Waals surface area contributed by atoms with E-state index in [0.29, 0.717) is 0 Å². The number of hydrogen-bond donors (Lipinski definition) is 2. The molecule has 1 aliphatic carbocycles. The van der Waals surface area contributed by atoms with Gasteiger partial charge in [-0.25, -0.2) is 9.59 Å². The Morgan fingerprint density at radius 1 is 1.11 bits per heavy atom. The summed E-state index contributed by atoms with van der Waals surface area (Å²) >= 11 is 0. The number of benzene rings is 2. The molecule has 0 aromatic heterocycles. The zero-order chi connectivity index (χ0) is 19.4. The minimum absolute atomic E-state index is 0.00995. The highest BCUT2D eigenvalue weighted by Gasteiger charge is 2.30. The monoisotopic (exact) mass is 371 g/mol. The number of ether oxygens (including phenoxy) is 1. The minimum atomic E-state index is -1.20. The molecule has 0 heterocycles. The smallest absolute Gasteiger partial charge is 0.407 e. The van der Waals surface area contributed by atoms with E-state index >= 15 is 0 Å². The molecule has 0 unspecified atom stereocenters. The highest BCUT2D eigenvalue weighted by molar-refractivity contribution is 5.81. The van der Waals surface area contributed by atoms with Crippen molar-refractivity contribution < 1.29 is 23.8 Å². The number of fused-ring (bicyclic) bond motifs is 3. The van der Waals surface area contributed by atoms with Crippen LogP contribution in [-0.4, -0.2) is 36.5 Å². The summed E-state index contributed by atoms with van der Waals surface area (Å²) in [6.45, 7) is 1.05. The van der Waals surface area contributed by atoms with E-state index in [-0.39, 0.29) is 18.9 Å². The van der Waals surface area contributed by atoms with Crippen molar-refractivity contribution in [3.63, 3.8) is 0 Å². The number of aliphatic carboxylic acids is 1. The molecule has 2 aromatic carbocycles. The first-order valence-electron chi connectivity index (χ1n) is 8.91. The van der Waals surface area contributed by atoms with Crippen molar-refractivity contribution in [1.82, 2.24) is 5.32 Å². The first kappa shape index (κ1) is 18.9. The van der Waals surface area contributed by atoms with Crippen LogP contribution < -0.4 is 5.32 Å². The van der Waals surface area contributed by atoms with Gasteiger partial charge < -0.3 is 15.2 Å². The summed E-state index contributed by atoms with van der Waals surface area (Å²) in [7, 11) is 0. The van der Waals surface area contributed by atoms with Gasteiger partial charge in [-0.2, -0.15) is 0 Å². The number of alkyl carbamates (subject to hydrolysis) is 1. The number of carboxylic acid groups (broad SMARTS) is 1. The molecule has 3 rings (SSSR count). The summed E-state index contributed by atoms with van der Waals surface area (Å²) in [5.74, 6) is -1.76. The maximum absolute atomic E-state index is 12.6. The van der Waals surface area contributed by atoms with Gasteiger partial charge in [0.1, 0.15) is 12.6 Å². The molecule has 0 bridgehead atoms. The van der Waals surface area contributed by atoms with Crippen LogP contribution in [0.2, 0.25) is 0 Å². The Bertz CT molecular complexity index is 793. The van der Waals surface area contributed by atoms with Gasteiger partial charge in [0.05, 0.1) is 6.67 Å². The van der Waals surface area contributed by atoms with Gasteiger partial charge in [-0.1, -0.05) is 55.5 Å². The van der Waals surface area contributed by atoms with Crippen molar-refractivity contribution in [2.75, 3.05) is 13.3 Å². The SMILES string of the molecule is C[C@H](CF)C[C@H](NC(=O)OCC1c2ccccc2-c2ccccc21)C(=O)O. The Kier molecular flexibility index (Phi) is 5.74. The molecule has 0 saturated carbocycles. The largest absolute Gasteiger partial charge is 0.480 e. The third kappa shape index (κ3) is 4.10. The fraction of sp³-hybridized carbons (Fsp3) is 0.333. The van der Waals surface area contributed by atoms with Crippen LogP contribution in [0.3, 0.4) is 0 Å². The average Bonchev–Trinajstić information content (AvgIpc) is 2.99. The van der Waals surface area contributed by atoms with Gasteiger partial charge in [0, 0.05) is 5.92 Å². The van der Waals surface area contributed by atoms with E-state index in [1.807, 2.05) is 48.5 Å². The van der Waals surface area contributed by atoms with Crippen LogP contribution >= 0.6 is 0 Å². The van der Waals surface area contributed by atoms with Crippen LogP contribution in [0.1, 0.15) is 30.4 Å². The summed E-state index contributed by atoms with van der Waals surface area (Å²) in [6.07, 6.45) is -0.800. The Morgan fingerprint density at radius 2 is 1.67 bits per heavy atom. The normalized spacial score (nSPS) is 14.7. The molecular formula is C21H22FNO4. The van der Waals surface area contributed by atoms with E-state index in [2.05, 4.69) is 5.32 Å². The zero-order valence-corrected chi connectivity index (χ0v) is 15.0. The Labute approximate surface area is 157 Å². The van der Waals surface area contributed by atoms with Gasteiger partial charge in [-0.05, 0) is 34.6 Å². The second-order valence-corrected chi connectivity index (χ2v) is 6.86. The molecule has 1 aliphatic rings. The van der Waals surface area contributed by atoms with Gasteiger partial charge in [-0.3, -0.25) is 4.39 Å². The van der Waals surface area contributed by atoms with Crippen LogP contribution in [0.5, 0.6) is 0 Å². The van der Waals surface area contributed by atoms with Crippen LogP contribution in [0.15, 0.2) is 48.5 Å². The quantitative estimate of drug-likeness (QED) is 0.772. The second-order valence-electron chi connectivity index (χ2n) is 6.86. The number of rotatable bonds is 7. The number of carbonyl (C=O) groups is 2. The molecule has 0 saturated heterocycles. The Balaban J connectivity index is 1.68. The first-order valence-corrected chi connectivity index (χ1v) is 8.91. The van der Waals surface area contributed by atoms with Gasteiger partial charge in [-0.15, -0.1) is 0 Å². The van der Waals surface area contributed by atoms with Crippen LogP contribution in [-0.2, 0) is 9.53 Å². The predicted octanol–water partition coefficient (Wildman–Crippen LogP) is 3.97. The topological polar surface area (TPSA) is 75.6 Å². The molecule has 6 heteroatoms. The van der Waals surface area contributed by atoms with Gasteiger partial charge in [0.2, 0.25) is 0 Å². The van der Waals surface area contributed by atoms with Crippen LogP contribution in [0, 0.1) is 5.92 Å². The molecule has 2 aromatic rings. The number of hydrogen-bond acceptors (Lipinski definition) is 3. The Morgan fingerprint density at radius 3 is 2.19 bits per heavy atom. The van der Waals surface area contributed by atoms with E-state index in [9.17, 15) is 19.1 Å². The van der Waals surface area contributed by atoms with E-state index in [4.69, 9.17) is 4.74 Å². The molecular weight excluding hydrogens is 349 g/mol. The van der Waals surface area contributed by atoms with Gasteiger partial charge >= 0.3 is 12.1 Å². The molecule has 1 amide bonds. The average molecular weight is 371 g/mol. The third-order valence-corrected chi connectivity index (χ3v) is 4.84. The van der Waals surface area contributed by atoms with Crippen molar-refractivity contribution in [2.24, 2.45) is 5.92 Å². The van der Waals surface area contributed by atoms with Crippen molar-refractivity contribution in [3.8, 4) is 11.1 Å². The zero-order valence-electron chi connectivity index (χ0n) is 15.0. The van der Waals surface area contributed by atoms with Gasteiger partial charge in [0.25, 0.3) is 0 Å². The van der Waals surface area contributed by atoms with E-state index in [0.717, 1.165) is 22.3 Å². The highest BCUT2D eigenvalue weighted by Crippen LogP contribution is 2.44. The molecule has 142 valence electrons. The molecule has 0 radical (unpaired) electrons. The van der Waals surface area contributed by atoms with Gasteiger partial charge in [0.15, 0.2) is 0 Å². The summed E-state index contributed by atoms with van der Waals surface area (Å²) in [4.78, 5) is 23.4. The Hall–Kier alpha value is -2.89. The van der Waals surface area contributed by atoms with Crippen LogP contribution in [0.4, 0.5) is 9.18 Å². The lowest BCUT2D eigenvalue weighted by Gasteiger charge is -2.18. The van der Waals surface area contributed by atoms with E-state index in [1.54, 1.807) is 6.92 Å². The predicted molar refractivity (Wildman–Crippen MR) is 99.4 cm³/mol. The summed E-state index contributed by atoms with van der Waals surface area (Å²) in [5.41, 5.74) is 4.38. The lowest BCUT2D eigenvalue weighted by molar-refractivity contribution is -0.139. The molecule has 2 atom stereocenters. The summed E-state index contributed by atoms with van der Waals surface area (Å²) < 4.78 is 18.0. The summed E-state index contributed by atoms with van der Waals surface area (Å²) in [5, 5.41) is 11.5. The fourth-order valence-electron chi connectivity index (χ4n) is 3.47.